The third kappa shape index (κ3) is 4.85. The van der Waals surface area contributed by atoms with Gasteiger partial charge in [0.15, 0.2) is 0 Å². The Labute approximate surface area is 156 Å². The molecule has 2 aromatic rings. The number of piperazine rings is 1. The molecule has 1 saturated heterocycles. The fourth-order valence-corrected chi connectivity index (χ4v) is 3.49. The van der Waals surface area contributed by atoms with Crippen molar-refractivity contribution in [1.29, 1.82) is 0 Å². The Hall–Kier alpha value is -2.33. The van der Waals surface area contributed by atoms with Crippen molar-refractivity contribution >= 4 is 11.6 Å². The first-order valence-electron chi connectivity index (χ1n) is 9.48. The zero-order chi connectivity index (χ0) is 18.4. The van der Waals surface area contributed by atoms with E-state index in [2.05, 4.69) is 65.4 Å². The van der Waals surface area contributed by atoms with E-state index in [0.717, 1.165) is 26.2 Å². The first-order valence-corrected chi connectivity index (χ1v) is 9.48. The van der Waals surface area contributed by atoms with Crippen LogP contribution in [0.2, 0.25) is 0 Å². The summed E-state index contributed by atoms with van der Waals surface area (Å²) >= 11 is 0. The highest BCUT2D eigenvalue weighted by Crippen LogP contribution is 2.20. The van der Waals surface area contributed by atoms with Crippen LogP contribution in [0.1, 0.15) is 24.0 Å². The molecule has 0 aromatic heterocycles. The topological polar surface area (TPSA) is 35.6 Å². The number of carbonyl (C=O) groups is 1. The number of rotatable bonds is 6. The Morgan fingerprint density at radius 3 is 2.35 bits per heavy atom. The van der Waals surface area contributed by atoms with Gasteiger partial charge in [-0.1, -0.05) is 55.5 Å². The Balaban J connectivity index is 1.41. The third-order valence-corrected chi connectivity index (χ3v) is 5.17. The van der Waals surface area contributed by atoms with Gasteiger partial charge in [0.05, 0.1) is 6.54 Å². The molecule has 4 heteroatoms. The molecule has 0 unspecified atom stereocenters. The molecule has 1 N–H and O–H groups in total. The van der Waals surface area contributed by atoms with E-state index < -0.39 is 0 Å². The van der Waals surface area contributed by atoms with Crippen molar-refractivity contribution in [3.8, 4) is 0 Å². The van der Waals surface area contributed by atoms with Crippen LogP contribution in [0.15, 0.2) is 54.6 Å². The lowest BCUT2D eigenvalue weighted by atomic mass is 10.0. The van der Waals surface area contributed by atoms with Crippen molar-refractivity contribution in [3.05, 3.63) is 65.7 Å². The normalized spacial score (nSPS) is 16.3. The largest absolute Gasteiger partial charge is 0.369 e. The van der Waals surface area contributed by atoms with Crippen molar-refractivity contribution in [3.63, 3.8) is 0 Å². The SMILES string of the molecule is Cc1ccccc1N1CCN(CC(=O)NC[C@H](C)c2ccccc2)CC1. The van der Waals surface area contributed by atoms with Gasteiger partial charge in [0, 0.05) is 38.4 Å². The highest BCUT2D eigenvalue weighted by molar-refractivity contribution is 5.78. The molecule has 1 amide bonds. The lowest BCUT2D eigenvalue weighted by Crippen LogP contribution is -2.49. The van der Waals surface area contributed by atoms with Gasteiger partial charge in [-0.15, -0.1) is 0 Å². The second-order valence-corrected chi connectivity index (χ2v) is 7.17. The molecular weight excluding hydrogens is 322 g/mol. The van der Waals surface area contributed by atoms with Crippen molar-refractivity contribution in [2.45, 2.75) is 19.8 Å². The van der Waals surface area contributed by atoms with Crippen molar-refractivity contribution in [2.75, 3.05) is 44.2 Å². The summed E-state index contributed by atoms with van der Waals surface area (Å²) in [6.45, 7) is 9.28. The van der Waals surface area contributed by atoms with Gasteiger partial charge in [-0.3, -0.25) is 9.69 Å². The van der Waals surface area contributed by atoms with Crippen molar-refractivity contribution < 1.29 is 4.79 Å². The molecule has 0 radical (unpaired) electrons. The average Bonchev–Trinajstić information content (AvgIpc) is 2.68. The summed E-state index contributed by atoms with van der Waals surface area (Å²) in [5.41, 5.74) is 3.89. The van der Waals surface area contributed by atoms with Crippen LogP contribution in [0.5, 0.6) is 0 Å². The molecule has 2 aromatic carbocycles. The number of nitrogens with zero attached hydrogens (tertiary/aromatic N) is 2. The molecule has 0 bridgehead atoms. The molecule has 0 aliphatic carbocycles. The maximum atomic E-state index is 12.3. The molecule has 1 aliphatic rings. The summed E-state index contributed by atoms with van der Waals surface area (Å²) < 4.78 is 0. The van der Waals surface area contributed by atoms with Gasteiger partial charge < -0.3 is 10.2 Å². The Kier molecular flexibility index (Phi) is 6.29. The smallest absolute Gasteiger partial charge is 0.234 e. The minimum absolute atomic E-state index is 0.122. The zero-order valence-corrected chi connectivity index (χ0v) is 15.8. The number of aryl methyl sites for hydroxylation is 1. The molecule has 1 atom stereocenters. The van der Waals surface area contributed by atoms with Crippen LogP contribution in [0.4, 0.5) is 5.69 Å². The average molecular weight is 351 g/mol. The number of benzene rings is 2. The van der Waals surface area contributed by atoms with Crippen LogP contribution in [-0.4, -0.2) is 50.1 Å². The molecule has 138 valence electrons. The fourth-order valence-electron chi connectivity index (χ4n) is 3.49. The summed E-state index contributed by atoms with van der Waals surface area (Å²) in [6.07, 6.45) is 0. The third-order valence-electron chi connectivity index (χ3n) is 5.17. The van der Waals surface area contributed by atoms with Crippen LogP contribution in [0.25, 0.3) is 0 Å². The van der Waals surface area contributed by atoms with Gasteiger partial charge in [0.1, 0.15) is 0 Å². The quantitative estimate of drug-likeness (QED) is 0.869. The lowest BCUT2D eigenvalue weighted by molar-refractivity contribution is -0.122. The Morgan fingerprint density at radius 1 is 1.00 bits per heavy atom. The van der Waals surface area contributed by atoms with Crippen molar-refractivity contribution in [2.24, 2.45) is 0 Å². The van der Waals surface area contributed by atoms with Gasteiger partial charge in [-0.2, -0.15) is 0 Å². The fraction of sp³-hybridized carbons (Fsp3) is 0.409. The molecule has 1 heterocycles. The summed E-state index contributed by atoms with van der Waals surface area (Å²) in [6, 6.07) is 18.8. The van der Waals surface area contributed by atoms with Gasteiger partial charge >= 0.3 is 0 Å². The summed E-state index contributed by atoms with van der Waals surface area (Å²) in [5, 5.41) is 3.09. The van der Waals surface area contributed by atoms with Crippen LogP contribution < -0.4 is 10.2 Å². The summed E-state index contributed by atoms with van der Waals surface area (Å²) in [4.78, 5) is 17.0. The van der Waals surface area contributed by atoms with E-state index in [-0.39, 0.29) is 5.91 Å². The van der Waals surface area contributed by atoms with Crippen LogP contribution in [-0.2, 0) is 4.79 Å². The summed E-state index contributed by atoms with van der Waals surface area (Å²) in [5.74, 6) is 0.454. The molecule has 1 fully saturated rings. The van der Waals surface area contributed by atoms with Crippen LogP contribution in [0.3, 0.4) is 0 Å². The zero-order valence-electron chi connectivity index (χ0n) is 15.8. The van der Waals surface area contributed by atoms with E-state index in [1.807, 2.05) is 18.2 Å². The van der Waals surface area contributed by atoms with E-state index in [1.165, 1.54) is 16.8 Å². The van der Waals surface area contributed by atoms with E-state index in [1.54, 1.807) is 0 Å². The maximum Gasteiger partial charge on any atom is 0.234 e. The minimum atomic E-state index is 0.122. The number of hydrogen-bond acceptors (Lipinski definition) is 3. The first kappa shape index (κ1) is 18.5. The number of nitrogens with one attached hydrogen (secondary N) is 1. The van der Waals surface area contributed by atoms with E-state index in [0.29, 0.717) is 19.0 Å². The number of para-hydroxylation sites is 1. The highest BCUT2D eigenvalue weighted by Gasteiger charge is 2.20. The Morgan fingerprint density at radius 2 is 1.65 bits per heavy atom. The van der Waals surface area contributed by atoms with E-state index in [9.17, 15) is 4.79 Å². The van der Waals surface area contributed by atoms with Crippen LogP contribution in [0, 0.1) is 6.92 Å². The van der Waals surface area contributed by atoms with Crippen molar-refractivity contribution in [1.82, 2.24) is 10.2 Å². The Bertz CT molecular complexity index is 708. The predicted octanol–water partition coefficient (Wildman–Crippen LogP) is 3.04. The number of amides is 1. The van der Waals surface area contributed by atoms with Gasteiger partial charge in [0.2, 0.25) is 5.91 Å². The molecule has 26 heavy (non-hydrogen) atoms. The van der Waals surface area contributed by atoms with E-state index >= 15 is 0 Å². The highest BCUT2D eigenvalue weighted by atomic mass is 16.2. The van der Waals surface area contributed by atoms with Gasteiger partial charge in [-0.25, -0.2) is 0 Å². The molecule has 1 aliphatic heterocycles. The number of carbonyl (C=O) groups excluding carboxylic acids is 1. The second-order valence-electron chi connectivity index (χ2n) is 7.17. The predicted molar refractivity (Wildman–Crippen MR) is 108 cm³/mol. The first-order chi connectivity index (χ1) is 12.6. The number of anilines is 1. The van der Waals surface area contributed by atoms with E-state index in [4.69, 9.17) is 0 Å². The maximum absolute atomic E-state index is 12.3. The lowest BCUT2D eigenvalue weighted by Gasteiger charge is -2.36. The summed E-state index contributed by atoms with van der Waals surface area (Å²) in [7, 11) is 0. The van der Waals surface area contributed by atoms with Gasteiger partial charge in [0.25, 0.3) is 0 Å². The number of hydrogen-bond donors (Lipinski definition) is 1. The molecule has 0 spiro atoms. The molecule has 4 nitrogen and oxygen atoms in total. The minimum Gasteiger partial charge on any atom is -0.369 e. The molecule has 3 rings (SSSR count). The molecule has 0 saturated carbocycles. The molecular formula is C22H29N3O. The van der Waals surface area contributed by atoms with Gasteiger partial charge in [-0.05, 0) is 30.0 Å². The monoisotopic (exact) mass is 351 g/mol. The van der Waals surface area contributed by atoms with Crippen LogP contribution >= 0.6 is 0 Å². The standard InChI is InChI=1S/C22H29N3O/c1-18-8-6-7-11-21(18)25-14-12-24(13-15-25)17-22(26)23-16-19(2)20-9-4-3-5-10-20/h3-11,19H,12-17H2,1-2H3,(H,23,26)/t19-/m0/s1. The second kappa shape index (κ2) is 8.86.